The molecule has 35 heavy (non-hydrogen) atoms. The first-order valence-electron chi connectivity index (χ1n) is 12.5. The van der Waals surface area contributed by atoms with Gasteiger partial charge in [-0.05, 0) is 37.2 Å². The van der Waals surface area contributed by atoms with Gasteiger partial charge < -0.3 is 19.7 Å². The van der Waals surface area contributed by atoms with Crippen molar-refractivity contribution in [3.63, 3.8) is 0 Å². The van der Waals surface area contributed by atoms with Gasteiger partial charge in [0.2, 0.25) is 5.91 Å². The van der Waals surface area contributed by atoms with Crippen LogP contribution >= 0.6 is 0 Å². The maximum absolute atomic E-state index is 12.9. The highest BCUT2D eigenvalue weighted by molar-refractivity contribution is 5.78. The zero-order valence-electron chi connectivity index (χ0n) is 20.3. The van der Waals surface area contributed by atoms with Crippen molar-refractivity contribution in [2.75, 3.05) is 51.3 Å². The van der Waals surface area contributed by atoms with Crippen LogP contribution in [0.3, 0.4) is 0 Å². The Hall–Kier alpha value is -3.51. The number of nitrogens with one attached hydrogen (secondary N) is 1. The number of piperazine rings is 1. The van der Waals surface area contributed by atoms with E-state index in [-0.39, 0.29) is 11.8 Å². The number of methoxy groups -OCH3 is 1. The van der Waals surface area contributed by atoms with Crippen LogP contribution in [0.2, 0.25) is 0 Å². The molecule has 3 aromatic carbocycles. The first kappa shape index (κ1) is 23.2. The van der Waals surface area contributed by atoms with Crippen molar-refractivity contribution >= 4 is 11.6 Å². The first-order chi connectivity index (χ1) is 17.2. The second kappa shape index (κ2) is 10.8. The number of rotatable bonds is 8. The van der Waals surface area contributed by atoms with Gasteiger partial charge in [-0.25, -0.2) is 0 Å². The van der Waals surface area contributed by atoms with Gasteiger partial charge in [0.15, 0.2) is 0 Å². The number of ether oxygens (including phenoxy) is 2. The normalized spacial score (nSPS) is 15.6. The molecule has 2 aliphatic rings. The van der Waals surface area contributed by atoms with Crippen LogP contribution in [0.5, 0.6) is 17.2 Å². The molecule has 1 saturated heterocycles. The molecule has 0 saturated carbocycles. The summed E-state index contributed by atoms with van der Waals surface area (Å²) in [6.07, 6.45) is 1.37. The fourth-order valence-electron chi connectivity index (χ4n) is 5.12. The van der Waals surface area contributed by atoms with Crippen LogP contribution in [0, 0.1) is 0 Å². The molecule has 5 rings (SSSR count). The smallest absolute Gasteiger partial charge is 0.220 e. The highest BCUT2D eigenvalue weighted by Crippen LogP contribution is 2.45. The highest BCUT2D eigenvalue weighted by atomic mass is 16.5. The zero-order valence-corrected chi connectivity index (χ0v) is 20.3. The lowest BCUT2D eigenvalue weighted by Crippen LogP contribution is -2.47. The molecule has 182 valence electrons. The van der Waals surface area contributed by atoms with Crippen LogP contribution in [-0.2, 0) is 4.79 Å². The molecular weight excluding hydrogens is 438 g/mol. The van der Waals surface area contributed by atoms with E-state index in [0.717, 1.165) is 73.2 Å². The van der Waals surface area contributed by atoms with Gasteiger partial charge in [-0.2, -0.15) is 0 Å². The van der Waals surface area contributed by atoms with Gasteiger partial charge in [-0.1, -0.05) is 48.5 Å². The van der Waals surface area contributed by atoms with Gasteiger partial charge >= 0.3 is 0 Å². The second-order valence-corrected chi connectivity index (χ2v) is 9.14. The molecule has 2 aliphatic heterocycles. The first-order valence-corrected chi connectivity index (χ1v) is 12.5. The summed E-state index contributed by atoms with van der Waals surface area (Å²) in [6, 6.07) is 24.2. The maximum atomic E-state index is 12.9. The van der Waals surface area contributed by atoms with Gasteiger partial charge in [-0.15, -0.1) is 0 Å². The number of hydrogen-bond donors (Lipinski definition) is 1. The Labute approximate surface area is 207 Å². The highest BCUT2D eigenvalue weighted by Gasteiger charge is 2.28. The van der Waals surface area contributed by atoms with Gasteiger partial charge in [-0.3, -0.25) is 9.69 Å². The Bertz CT molecular complexity index is 1110. The number of benzene rings is 3. The number of para-hydroxylation sites is 4. The van der Waals surface area contributed by atoms with Crippen molar-refractivity contribution in [1.82, 2.24) is 10.2 Å². The standard InChI is InChI=1S/C29H33N3O3/c1-34-28-14-7-4-11-25(28)32-19-17-31(18-20-32)16-8-15-30-29(33)21-24-22-9-2-5-12-26(22)35-27-13-6-3-10-23(24)27/h2-7,9-14,24H,8,15-21H2,1H3,(H,30,33). The number of hydrogen-bond acceptors (Lipinski definition) is 5. The number of amides is 1. The molecule has 0 atom stereocenters. The SMILES string of the molecule is COc1ccccc1N1CCN(CCCNC(=O)CC2c3ccccc3Oc3ccccc32)CC1. The van der Waals surface area contributed by atoms with Crippen molar-refractivity contribution in [2.45, 2.75) is 18.8 Å². The molecule has 1 N–H and O–H groups in total. The summed E-state index contributed by atoms with van der Waals surface area (Å²) in [5, 5.41) is 3.15. The third-order valence-electron chi connectivity index (χ3n) is 6.97. The van der Waals surface area contributed by atoms with E-state index in [1.807, 2.05) is 48.5 Å². The van der Waals surface area contributed by atoms with E-state index in [1.165, 1.54) is 0 Å². The van der Waals surface area contributed by atoms with Crippen molar-refractivity contribution in [3.05, 3.63) is 83.9 Å². The minimum Gasteiger partial charge on any atom is -0.495 e. The zero-order chi connectivity index (χ0) is 24.0. The minimum atomic E-state index is 0.0132. The lowest BCUT2D eigenvalue weighted by atomic mass is 9.85. The Morgan fingerprint density at radius 2 is 1.54 bits per heavy atom. The van der Waals surface area contributed by atoms with Crippen LogP contribution in [0.25, 0.3) is 0 Å². The van der Waals surface area contributed by atoms with E-state index in [1.54, 1.807) is 7.11 Å². The van der Waals surface area contributed by atoms with E-state index in [2.05, 4.69) is 39.4 Å². The van der Waals surface area contributed by atoms with E-state index in [4.69, 9.17) is 9.47 Å². The number of anilines is 1. The van der Waals surface area contributed by atoms with Crippen LogP contribution in [0.15, 0.2) is 72.8 Å². The average Bonchev–Trinajstić information content (AvgIpc) is 2.91. The molecule has 0 aliphatic carbocycles. The van der Waals surface area contributed by atoms with Gasteiger partial charge in [0.05, 0.1) is 12.8 Å². The summed E-state index contributed by atoms with van der Waals surface area (Å²) in [7, 11) is 1.73. The largest absolute Gasteiger partial charge is 0.495 e. The van der Waals surface area contributed by atoms with Crippen LogP contribution in [0.1, 0.15) is 29.9 Å². The second-order valence-electron chi connectivity index (χ2n) is 9.14. The van der Waals surface area contributed by atoms with Gasteiger partial charge in [0, 0.05) is 56.2 Å². The molecule has 3 aromatic rings. The molecule has 1 amide bonds. The molecule has 0 radical (unpaired) electrons. The average molecular weight is 472 g/mol. The summed E-state index contributed by atoms with van der Waals surface area (Å²) in [4.78, 5) is 17.7. The topological polar surface area (TPSA) is 54.0 Å². The van der Waals surface area contributed by atoms with Crippen LogP contribution < -0.4 is 19.7 Å². The Morgan fingerprint density at radius 3 is 2.23 bits per heavy atom. The van der Waals surface area contributed by atoms with E-state index in [0.29, 0.717) is 13.0 Å². The number of carbonyl (C=O) groups excluding carboxylic acids is 1. The Morgan fingerprint density at radius 1 is 0.914 bits per heavy atom. The molecule has 0 unspecified atom stereocenters. The number of nitrogens with zero attached hydrogens (tertiary/aromatic N) is 2. The van der Waals surface area contributed by atoms with Gasteiger partial charge in [0.25, 0.3) is 0 Å². The minimum absolute atomic E-state index is 0.0132. The number of carbonyl (C=O) groups is 1. The van der Waals surface area contributed by atoms with Crippen molar-refractivity contribution < 1.29 is 14.3 Å². The van der Waals surface area contributed by atoms with Crippen molar-refractivity contribution in [2.24, 2.45) is 0 Å². The fourth-order valence-corrected chi connectivity index (χ4v) is 5.12. The van der Waals surface area contributed by atoms with Crippen LogP contribution in [0.4, 0.5) is 5.69 Å². The summed E-state index contributed by atoms with van der Waals surface area (Å²) in [6.45, 7) is 5.68. The molecule has 1 fully saturated rings. The monoisotopic (exact) mass is 471 g/mol. The van der Waals surface area contributed by atoms with Gasteiger partial charge in [0.1, 0.15) is 17.2 Å². The van der Waals surface area contributed by atoms with E-state index >= 15 is 0 Å². The third-order valence-corrected chi connectivity index (χ3v) is 6.97. The molecule has 2 heterocycles. The van der Waals surface area contributed by atoms with Crippen molar-refractivity contribution in [1.29, 1.82) is 0 Å². The molecular formula is C29H33N3O3. The molecule has 6 nitrogen and oxygen atoms in total. The molecule has 6 heteroatoms. The van der Waals surface area contributed by atoms with E-state index < -0.39 is 0 Å². The Balaban J connectivity index is 1.08. The predicted octanol–water partition coefficient (Wildman–Crippen LogP) is 4.65. The Kier molecular flexibility index (Phi) is 7.19. The molecule has 0 bridgehead atoms. The predicted molar refractivity (Wildman–Crippen MR) is 139 cm³/mol. The quantitative estimate of drug-likeness (QED) is 0.485. The molecule has 0 spiro atoms. The van der Waals surface area contributed by atoms with E-state index in [9.17, 15) is 4.79 Å². The van der Waals surface area contributed by atoms with Crippen LogP contribution in [-0.4, -0.2) is 57.2 Å². The summed E-state index contributed by atoms with van der Waals surface area (Å²) in [5.74, 6) is 2.72. The summed E-state index contributed by atoms with van der Waals surface area (Å²) < 4.78 is 11.6. The van der Waals surface area contributed by atoms with Crippen molar-refractivity contribution in [3.8, 4) is 17.2 Å². The fraction of sp³-hybridized carbons (Fsp3) is 0.345. The summed E-state index contributed by atoms with van der Waals surface area (Å²) >= 11 is 0. The maximum Gasteiger partial charge on any atom is 0.220 e. The number of fused-ring (bicyclic) bond motifs is 2. The lowest BCUT2D eigenvalue weighted by Gasteiger charge is -2.36. The third kappa shape index (κ3) is 5.28. The molecule has 0 aromatic heterocycles. The lowest BCUT2D eigenvalue weighted by molar-refractivity contribution is -0.121. The summed E-state index contributed by atoms with van der Waals surface area (Å²) in [5.41, 5.74) is 3.32.